The van der Waals surface area contributed by atoms with Gasteiger partial charge in [0.2, 0.25) is 0 Å². The molecule has 1 heterocycles. The summed E-state index contributed by atoms with van der Waals surface area (Å²) in [6.07, 6.45) is 3.24. The highest BCUT2D eigenvalue weighted by Gasteiger charge is 2.05. The van der Waals surface area contributed by atoms with Gasteiger partial charge in [0.1, 0.15) is 0 Å². The molecule has 2 N–H and O–H groups in total. The van der Waals surface area contributed by atoms with Crippen LogP contribution in [0.2, 0.25) is 0 Å². The maximum atomic E-state index is 5.35. The number of aliphatic imine (C=N–C) groups is 1. The van der Waals surface area contributed by atoms with Crippen molar-refractivity contribution in [3.05, 3.63) is 39.8 Å². The number of aryl methyl sites for hydroxylation is 2. The average Bonchev–Trinajstić information content (AvgIpc) is 3.10. The highest BCUT2D eigenvalue weighted by Crippen LogP contribution is 2.27. The van der Waals surface area contributed by atoms with Crippen molar-refractivity contribution in [1.29, 1.82) is 0 Å². The third-order valence-electron chi connectivity index (χ3n) is 3.99. The number of hydrogen-bond acceptors (Lipinski definition) is 5. The summed E-state index contributed by atoms with van der Waals surface area (Å²) in [5, 5.41) is 10.0. The summed E-state index contributed by atoms with van der Waals surface area (Å²) in [7, 11) is 3.28. The van der Waals surface area contributed by atoms with E-state index in [1.807, 2.05) is 25.1 Å². The highest BCUT2D eigenvalue weighted by atomic mass is 127. The van der Waals surface area contributed by atoms with Gasteiger partial charge in [-0.15, -0.1) is 35.3 Å². The van der Waals surface area contributed by atoms with Crippen LogP contribution in [-0.2, 0) is 13.0 Å². The van der Waals surface area contributed by atoms with E-state index in [-0.39, 0.29) is 24.0 Å². The number of nitrogens with zero attached hydrogens (tertiary/aromatic N) is 2. The standard InChI is InChI=1S/C20H30N4O2S.HI/c1-5-21-20(22-11-7-6-8-19-24-15(2)14-27-19)23-13-16-9-10-17(25-3)18(12-16)26-4;/h9-10,12,14H,5-8,11,13H2,1-4H3,(H2,21,22,23);1H. The number of thiazole rings is 1. The van der Waals surface area contributed by atoms with Crippen molar-refractivity contribution in [3.63, 3.8) is 0 Å². The molecule has 0 radical (unpaired) electrons. The van der Waals surface area contributed by atoms with Crippen molar-refractivity contribution in [2.45, 2.75) is 39.7 Å². The number of unbranched alkanes of at least 4 members (excludes halogenated alkanes) is 1. The van der Waals surface area contributed by atoms with E-state index in [9.17, 15) is 0 Å². The minimum atomic E-state index is 0. The summed E-state index contributed by atoms with van der Waals surface area (Å²) in [6.45, 7) is 6.41. The van der Waals surface area contributed by atoms with Crippen LogP contribution in [0.1, 0.15) is 36.0 Å². The number of ether oxygens (including phenoxy) is 2. The lowest BCUT2D eigenvalue weighted by molar-refractivity contribution is 0.354. The molecule has 6 nitrogen and oxygen atoms in total. The van der Waals surface area contributed by atoms with Gasteiger partial charge in [-0.05, 0) is 50.8 Å². The van der Waals surface area contributed by atoms with E-state index in [4.69, 9.17) is 9.47 Å². The Morgan fingerprint density at radius 1 is 1.14 bits per heavy atom. The van der Waals surface area contributed by atoms with Crippen molar-refractivity contribution in [1.82, 2.24) is 15.6 Å². The third-order valence-corrected chi connectivity index (χ3v) is 5.01. The molecular weight excluding hydrogens is 487 g/mol. The van der Waals surface area contributed by atoms with Crippen molar-refractivity contribution in [2.24, 2.45) is 4.99 Å². The molecule has 0 saturated carbocycles. The number of hydrogen-bond donors (Lipinski definition) is 2. The summed E-state index contributed by atoms with van der Waals surface area (Å²) in [5.41, 5.74) is 2.19. The average molecular weight is 518 g/mol. The van der Waals surface area contributed by atoms with E-state index in [0.29, 0.717) is 6.54 Å². The number of methoxy groups -OCH3 is 2. The predicted octanol–water partition coefficient (Wildman–Crippen LogP) is 4.16. The first-order chi connectivity index (χ1) is 13.2. The van der Waals surface area contributed by atoms with Crippen molar-refractivity contribution < 1.29 is 9.47 Å². The van der Waals surface area contributed by atoms with Crippen LogP contribution in [0.15, 0.2) is 28.6 Å². The van der Waals surface area contributed by atoms with Gasteiger partial charge in [0.25, 0.3) is 0 Å². The number of halogens is 1. The van der Waals surface area contributed by atoms with E-state index in [1.165, 1.54) is 5.01 Å². The lowest BCUT2D eigenvalue weighted by atomic mass is 10.2. The molecule has 0 bridgehead atoms. The van der Waals surface area contributed by atoms with E-state index in [2.05, 4.69) is 32.9 Å². The van der Waals surface area contributed by atoms with Crippen LogP contribution in [-0.4, -0.2) is 38.3 Å². The quantitative estimate of drug-likeness (QED) is 0.214. The van der Waals surface area contributed by atoms with Crippen LogP contribution < -0.4 is 20.1 Å². The Bertz CT molecular complexity index is 737. The molecule has 8 heteroatoms. The molecule has 156 valence electrons. The Morgan fingerprint density at radius 3 is 2.57 bits per heavy atom. The topological polar surface area (TPSA) is 67.8 Å². The number of guanidine groups is 1. The fraction of sp³-hybridized carbons (Fsp3) is 0.500. The van der Waals surface area contributed by atoms with E-state index in [0.717, 1.165) is 61.1 Å². The Morgan fingerprint density at radius 2 is 1.93 bits per heavy atom. The normalized spacial score (nSPS) is 10.9. The summed E-state index contributed by atoms with van der Waals surface area (Å²) in [5.74, 6) is 2.28. The maximum absolute atomic E-state index is 5.35. The van der Waals surface area contributed by atoms with E-state index in [1.54, 1.807) is 25.6 Å². The van der Waals surface area contributed by atoms with Gasteiger partial charge >= 0.3 is 0 Å². The van der Waals surface area contributed by atoms with Gasteiger partial charge in [0.05, 0.1) is 25.8 Å². The number of nitrogens with one attached hydrogen (secondary N) is 2. The smallest absolute Gasteiger partial charge is 0.191 e. The molecule has 28 heavy (non-hydrogen) atoms. The lowest BCUT2D eigenvalue weighted by Crippen LogP contribution is -2.37. The predicted molar refractivity (Wildman–Crippen MR) is 128 cm³/mol. The third kappa shape index (κ3) is 8.22. The minimum Gasteiger partial charge on any atom is -0.493 e. The van der Waals surface area contributed by atoms with Gasteiger partial charge < -0.3 is 20.1 Å². The van der Waals surface area contributed by atoms with Gasteiger partial charge in [-0.25, -0.2) is 9.98 Å². The van der Waals surface area contributed by atoms with Gasteiger partial charge in [-0.1, -0.05) is 6.07 Å². The zero-order chi connectivity index (χ0) is 19.5. The van der Waals surface area contributed by atoms with Crippen molar-refractivity contribution >= 4 is 41.3 Å². The van der Waals surface area contributed by atoms with Gasteiger partial charge in [0, 0.05) is 24.2 Å². The number of benzene rings is 1. The molecule has 0 spiro atoms. The van der Waals surface area contributed by atoms with Gasteiger partial charge in [-0.3, -0.25) is 0 Å². The SMILES string of the molecule is CCNC(=NCc1ccc(OC)c(OC)c1)NCCCCc1nc(C)cs1.I. The second kappa shape index (κ2) is 13.6. The number of aromatic nitrogens is 1. The summed E-state index contributed by atoms with van der Waals surface area (Å²) < 4.78 is 10.6. The zero-order valence-corrected chi connectivity index (χ0v) is 20.2. The van der Waals surface area contributed by atoms with Crippen LogP contribution in [0.25, 0.3) is 0 Å². The van der Waals surface area contributed by atoms with Crippen molar-refractivity contribution in [3.8, 4) is 11.5 Å². The van der Waals surface area contributed by atoms with Gasteiger partial charge in [-0.2, -0.15) is 0 Å². The Hall–Kier alpha value is -1.55. The minimum absolute atomic E-state index is 0. The largest absolute Gasteiger partial charge is 0.493 e. The molecule has 0 aliphatic carbocycles. The maximum Gasteiger partial charge on any atom is 0.191 e. The molecule has 1 aromatic carbocycles. The molecular formula is C20H31IN4O2S. The Kier molecular flexibility index (Phi) is 11.9. The van der Waals surface area contributed by atoms with Crippen LogP contribution >= 0.6 is 35.3 Å². The summed E-state index contributed by atoms with van der Waals surface area (Å²) in [4.78, 5) is 9.17. The fourth-order valence-corrected chi connectivity index (χ4v) is 3.43. The van der Waals surface area contributed by atoms with E-state index < -0.39 is 0 Å². The molecule has 1 aromatic heterocycles. The Labute approximate surface area is 189 Å². The second-order valence-electron chi connectivity index (χ2n) is 6.15. The molecule has 0 aliphatic heterocycles. The Balaban J connectivity index is 0.00000392. The molecule has 2 rings (SSSR count). The highest BCUT2D eigenvalue weighted by molar-refractivity contribution is 14.0. The molecule has 0 atom stereocenters. The van der Waals surface area contributed by atoms with Crippen LogP contribution in [0.5, 0.6) is 11.5 Å². The molecule has 2 aromatic rings. The number of rotatable bonds is 10. The van der Waals surface area contributed by atoms with Crippen LogP contribution in [0.3, 0.4) is 0 Å². The van der Waals surface area contributed by atoms with Crippen LogP contribution in [0, 0.1) is 6.92 Å². The van der Waals surface area contributed by atoms with Crippen molar-refractivity contribution in [2.75, 3.05) is 27.3 Å². The fourth-order valence-electron chi connectivity index (χ4n) is 2.62. The monoisotopic (exact) mass is 518 g/mol. The molecule has 0 saturated heterocycles. The molecule has 0 fully saturated rings. The van der Waals surface area contributed by atoms with E-state index >= 15 is 0 Å². The molecule has 0 unspecified atom stereocenters. The summed E-state index contributed by atoms with van der Waals surface area (Å²) >= 11 is 1.75. The van der Waals surface area contributed by atoms with Crippen LogP contribution in [0.4, 0.5) is 0 Å². The zero-order valence-electron chi connectivity index (χ0n) is 17.1. The lowest BCUT2D eigenvalue weighted by Gasteiger charge is -2.12. The molecule has 0 amide bonds. The first-order valence-electron chi connectivity index (χ1n) is 9.30. The second-order valence-corrected chi connectivity index (χ2v) is 7.09. The summed E-state index contributed by atoms with van der Waals surface area (Å²) in [6, 6.07) is 5.87. The van der Waals surface area contributed by atoms with Gasteiger partial charge in [0.15, 0.2) is 17.5 Å². The molecule has 0 aliphatic rings. The first kappa shape index (κ1) is 24.5. The first-order valence-corrected chi connectivity index (χ1v) is 10.2.